The fourth-order valence-electron chi connectivity index (χ4n) is 2.89. The van der Waals surface area contributed by atoms with Gasteiger partial charge in [-0.25, -0.2) is 9.97 Å². The quantitative estimate of drug-likeness (QED) is 0.530. The number of anilines is 1. The van der Waals surface area contributed by atoms with Gasteiger partial charge < -0.3 is 4.90 Å². The van der Waals surface area contributed by atoms with Gasteiger partial charge in [-0.3, -0.25) is 0 Å². The molecule has 0 aliphatic carbocycles. The molecule has 2 aromatic heterocycles. The summed E-state index contributed by atoms with van der Waals surface area (Å²) in [5.41, 5.74) is 2.60. The molecule has 5 nitrogen and oxygen atoms in total. The summed E-state index contributed by atoms with van der Waals surface area (Å²) in [6.07, 6.45) is 0. The first-order valence-electron chi connectivity index (χ1n) is 7.81. The average Bonchev–Trinajstić information content (AvgIpc) is 3.00. The monoisotopic (exact) mass is 371 g/mol. The normalized spacial score (nSPS) is 11.4. The molecule has 0 aliphatic rings. The molecule has 0 bridgehead atoms. The molecule has 0 saturated carbocycles. The van der Waals surface area contributed by atoms with Gasteiger partial charge in [-0.2, -0.15) is 4.52 Å². The van der Waals surface area contributed by atoms with Crippen molar-refractivity contribution < 1.29 is 0 Å². The van der Waals surface area contributed by atoms with Gasteiger partial charge in [0.25, 0.3) is 0 Å². The summed E-state index contributed by atoms with van der Waals surface area (Å²) in [7, 11) is 1.95. The fraction of sp³-hybridized carbons (Fsp3) is 0.167. The van der Waals surface area contributed by atoms with E-state index in [1.807, 2.05) is 55.3 Å². The topological polar surface area (TPSA) is 46.3 Å². The van der Waals surface area contributed by atoms with Crippen LogP contribution in [0.1, 0.15) is 11.4 Å². The number of rotatable bonds is 3. The summed E-state index contributed by atoms with van der Waals surface area (Å²) >= 11 is 12.5. The van der Waals surface area contributed by atoms with E-state index in [2.05, 4.69) is 10.1 Å². The van der Waals surface area contributed by atoms with E-state index in [0.717, 1.165) is 22.1 Å². The van der Waals surface area contributed by atoms with Crippen LogP contribution in [-0.4, -0.2) is 26.6 Å². The highest BCUT2D eigenvalue weighted by atomic mass is 35.5. The Hall–Kier alpha value is -2.37. The summed E-state index contributed by atoms with van der Waals surface area (Å²) < 4.78 is 1.77. The molecule has 126 valence electrons. The number of hydrogen-bond donors (Lipinski definition) is 0. The zero-order chi connectivity index (χ0) is 17.6. The number of fused-ring (bicyclic) bond motifs is 3. The number of halogens is 2. The van der Waals surface area contributed by atoms with Crippen LogP contribution >= 0.6 is 23.2 Å². The minimum Gasteiger partial charge on any atom is -0.339 e. The van der Waals surface area contributed by atoms with Crippen LogP contribution in [0.5, 0.6) is 0 Å². The molecule has 0 amide bonds. The van der Waals surface area contributed by atoms with Crippen molar-refractivity contribution >= 4 is 45.7 Å². The van der Waals surface area contributed by atoms with Gasteiger partial charge in [0.2, 0.25) is 5.95 Å². The Bertz CT molecular complexity index is 1090. The Morgan fingerprint density at radius 1 is 1.04 bits per heavy atom. The van der Waals surface area contributed by atoms with Crippen LogP contribution in [0.15, 0.2) is 42.5 Å². The highest BCUT2D eigenvalue weighted by molar-refractivity contribution is 6.42. The van der Waals surface area contributed by atoms with E-state index in [0.29, 0.717) is 28.4 Å². The molecular weight excluding hydrogens is 357 g/mol. The van der Waals surface area contributed by atoms with Crippen LogP contribution in [0.4, 0.5) is 5.95 Å². The van der Waals surface area contributed by atoms with Crippen molar-refractivity contribution in [3.8, 4) is 0 Å². The Labute approximate surface area is 154 Å². The van der Waals surface area contributed by atoms with E-state index in [1.54, 1.807) is 10.6 Å². The lowest BCUT2D eigenvalue weighted by Crippen LogP contribution is -2.21. The molecule has 0 atom stereocenters. The van der Waals surface area contributed by atoms with Gasteiger partial charge >= 0.3 is 0 Å². The molecule has 7 heteroatoms. The molecule has 0 N–H and O–H groups in total. The third-order valence-electron chi connectivity index (χ3n) is 4.05. The molecule has 0 aliphatic heterocycles. The summed E-state index contributed by atoms with van der Waals surface area (Å²) in [6.45, 7) is 2.43. The summed E-state index contributed by atoms with van der Waals surface area (Å²) in [6, 6.07) is 13.5. The van der Waals surface area contributed by atoms with Crippen molar-refractivity contribution in [3.63, 3.8) is 0 Å². The lowest BCUT2D eigenvalue weighted by atomic mass is 10.2. The second kappa shape index (κ2) is 6.17. The number of aryl methyl sites for hydroxylation is 1. The van der Waals surface area contributed by atoms with Crippen molar-refractivity contribution in [3.05, 3.63) is 63.9 Å². The van der Waals surface area contributed by atoms with Crippen molar-refractivity contribution in [2.45, 2.75) is 13.5 Å². The fourth-order valence-corrected chi connectivity index (χ4v) is 3.27. The summed E-state index contributed by atoms with van der Waals surface area (Å²) in [5, 5.41) is 6.58. The summed E-state index contributed by atoms with van der Waals surface area (Å²) in [4.78, 5) is 11.3. The molecule has 0 saturated heterocycles. The van der Waals surface area contributed by atoms with Gasteiger partial charge in [0.05, 0.1) is 15.6 Å². The van der Waals surface area contributed by atoms with Crippen molar-refractivity contribution in [2.24, 2.45) is 0 Å². The molecule has 25 heavy (non-hydrogen) atoms. The number of aromatic nitrogens is 4. The second-order valence-electron chi connectivity index (χ2n) is 5.89. The van der Waals surface area contributed by atoms with Crippen LogP contribution in [0.25, 0.3) is 16.6 Å². The standard InChI is InChI=1S/C18H15Cl2N5/c1-11-21-17-13-7-3-4-9-15(13)22-18(25(17)23-11)24(2)10-12-6-5-8-14(19)16(12)20/h3-9H,10H2,1-2H3. The Balaban J connectivity index is 1.85. The molecule has 0 unspecified atom stereocenters. The zero-order valence-electron chi connectivity index (χ0n) is 13.7. The zero-order valence-corrected chi connectivity index (χ0v) is 15.3. The molecule has 2 aromatic carbocycles. The Kier molecular flexibility index (Phi) is 3.98. The van der Waals surface area contributed by atoms with Gasteiger partial charge in [0.1, 0.15) is 5.82 Å². The highest BCUT2D eigenvalue weighted by Crippen LogP contribution is 2.28. The maximum absolute atomic E-state index is 6.33. The minimum absolute atomic E-state index is 0.542. The van der Waals surface area contributed by atoms with Gasteiger partial charge in [-0.1, -0.05) is 47.5 Å². The molecule has 4 aromatic rings. The molecule has 4 rings (SSSR count). The van der Waals surface area contributed by atoms with Gasteiger partial charge in [0, 0.05) is 19.0 Å². The van der Waals surface area contributed by atoms with Crippen molar-refractivity contribution in [1.82, 2.24) is 19.6 Å². The Morgan fingerprint density at radius 3 is 2.68 bits per heavy atom. The van der Waals surface area contributed by atoms with Crippen LogP contribution < -0.4 is 4.90 Å². The van der Waals surface area contributed by atoms with E-state index in [9.17, 15) is 0 Å². The highest BCUT2D eigenvalue weighted by Gasteiger charge is 2.16. The first-order valence-corrected chi connectivity index (χ1v) is 8.56. The van der Waals surface area contributed by atoms with Crippen LogP contribution in [-0.2, 0) is 6.54 Å². The predicted molar refractivity (Wildman–Crippen MR) is 102 cm³/mol. The Morgan fingerprint density at radius 2 is 1.84 bits per heavy atom. The lowest BCUT2D eigenvalue weighted by molar-refractivity contribution is 0.809. The predicted octanol–water partition coefficient (Wildman–Crippen LogP) is 4.53. The largest absolute Gasteiger partial charge is 0.339 e. The van der Waals surface area contributed by atoms with Crippen molar-refractivity contribution in [1.29, 1.82) is 0 Å². The second-order valence-corrected chi connectivity index (χ2v) is 6.68. The minimum atomic E-state index is 0.542. The van der Waals surface area contributed by atoms with Crippen LogP contribution in [0.3, 0.4) is 0 Å². The SMILES string of the molecule is Cc1nc2c3ccccc3nc(N(C)Cc3cccc(Cl)c3Cl)n2n1. The summed E-state index contributed by atoms with van der Waals surface area (Å²) in [5.74, 6) is 1.40. The molecule has 2 heterocycles. The molecule has 0 spiro atoms. The first-order chi connectivity index (χ1) is 12.0. The number of nitrogens with zero attached hydrogens (tertiary/aromatic N) is 5. The van der Waals surface area contributed by atoms with Crippen molar-refractivity contribution in [2.75, 3.05) is 11.9 Å². The van der Waals surface area contributed by atoms with Gasteiger partial charge in [-0.15, -0.1) is 5.10 Å². The van der Waals surface area contributed by atoms with E-state index in [4.69, 9.17) is 28.2 Å². The third-order valence-corrected chi connectivity index (χ3v) is 4.91. The smallest absolute Gasteiger partial charge is 0.229 e. The number of benzene rings is 2. The third kappa shape index (κ3) is 2.79. The maximum Gasteiger partial charge on any atom is 0.229 e. The van der Waals surface area contributed by atoms with E-state index in [-0.39, 0.29) is 0 Å². The average molecular weight is 372 g/mol. The van der Waals surface area contributed by atoms with E-state index < -0.39 is 0 Å². The van der Waals surface area contributed by atoms with E-state index in [1.165, 1.54) is 0 Å². The van der Waals surface area contributed by atoms with Gasteiger partial charge in [-0.05, 0) is 30.7 Å². The van der Waals surface area contributed by atoms with Crippen LogP contribution in [0.2, 0.25) is 10.0 Å². The lowest BCUT2D eigenvalue weighted by Gasteiger charge is -2.20. The van der Waals surface area contributed by atoms with Crippen LogP contribution in [0, 0.1) is 6.92 Å². The van der Waals surface area contributed by atoms with Gasteiger partial charge in [0.15, 0.2) is 5.65 Å². The molecule has 0 radical (unpaired) electrons. The number of hydrogen-bond acceptors (Lipinski definition) is 4. The molecular formula is C18H15Cl2N5. The first kappa shape index (κ1) is 16.1. The number of para-hydroxylation sites is 1. The maximum atomic E-state index is 6.33. The van der Waals surface area contributed by atoms with E-state index >= 15 is 0 Å². The molecule has 0 fully saturated rings.